The molecule has 1 atom stereocenters. The lowest BCUT2D eigenvalue weighted by atomic mass is 9.95. The van der Waals surface area contributed by atoms with Crippen molar-refractivity contribution >= 4 is 17.6 Å². The molecular formula is C17H15FN2O2. The van der Waals surface area contributed by atoms with Crippen molar-refractivity contribution in [3.05, 3.63) is 66.0 Å². The molecule has 0 radical (unpaired) electrons. The summed E-state index contributed by atoms with van der Waals surface area (Å²) in [5.74, 6) is -0.569. The molecule has 4 nitrogen and oxygen atoms in total. The third-order valence-electron chi connectivity index (χ3n) is 3.67. The summed E-state index contributed by atoms with van der Waals surface area (Å²) in [4.78, 5) is 25.1. The molecule has 2 aromatic carbocycles. The van der Waals surface area contributed by atoms with E-state index >= 15 is 0 Å². The number of carbonyl (C=O) groups excluding carboxylic acids is 2. The van der Waals surface area contributed by atoms with Gasteiger partial charge in [-0.15, -0.1) is 0 Å². The smallest absolute Gasteiger partial charge is 0.307 e. The molecule has 0 aliphatic carbocycles. The Morgan fingerprint density at radius 1 is 1.14 bits per heavy atom. The number of nitrogens with zero attached hydrogens (tertiary/aromatic N) is 1. The third-order valence-corrected chi connectivity index (χ3v) is 3.67. The van der Waals surface area contributed by atoms with E-state index < -0.39 is 6.03 Å². The van der Waals surface area contributed by atoms with Gasteiger partial charge in [-0.2, -0.15) is 0 Å². The summed E-state index contributed by atoms with van der Waals surface area (Å²) in [5.41, 5.74) is 1.55. The number of benzene rings is 2. The fourth-order valence-electron chi connectivity index (χ4n) is 2.53. The molecule has 1 saturated heterocycles. The van der Waals surface area contributed by atoms with E-state index in [1.54, 1.807) is 0 Å². The molecule has 112 valence electrons. The van der Waals surface area contributed by atoms with Crippen LogP contribution >= 0.6 is 0 Å². The number of urea groups is 1. The number of imide groups is 1. The first kappa shape index (κ1) is 14.3. The molecule has 1 N–H and O–H groups in total. The highest BCUT2D eigenvalue weighted by atomic mass is 19.1. The molecule has 0 saturated carbocycles. The zero-order valence-electron chi connectivity index (χ0n) is 11.8. The van der Waals surface area contributed by atoms with Crippen LogP contribution in [0.4, 0.5) is 14.9 Å². The first-order valence-corrected chi connectivity index (χ1v) is 7.06. The number of rotatable bonds is 3. The van der Waals surface area contributed by atoms with Crippen LogP contribution in [0.25, 0.3) is 0 Å². The van der Waals surface area contributed by atoms with E-state index in [-0.39, 0.29) is 17.8 Å². The lowest BCUT2D eigenvalue weighted by Gasteiger charge is -2.38. The zero-order chi connectivity index (χ0) is 15.5. The SMILES string of the molecule is O=C1C[C@H](Cc2ccccc2)N1C(=O)Nc1ccc(F)cc1. The van der Waals surface area contributed by atoms with Crippen LogP contribution in [0, 0.1) is 5.82 Å². The first-order valence-electron chi connectivity index (χ1n) is 7.06. The number of hydrogen-bond donors (Lipinski definition) is 1. The number of nitrogens with one attached hydrogen (secondary N) is 1. The van der Waals surface area contributed by atoms with Gasteiger partial charge in [0.15, 0.2) is 0 Å². The molecule has 5 heteroatoms. The Balaban J connectivity index is 1.65. The van der Waals surface area contributed by atoms with E-state index in [1.807, 2.05) is 30.3 Å². The van der Waals surface area contributed by atoms with Gasteiger partial charge in [0.2, 0.25) is 5.91 Å². The van der Waals surface area contributed by atoms with Gasteiger partial charge in [-0.25, -0.2) is 9.18 Å². The Morgan fingerprint density at radius 2 is 1.82 bits per heavy atom. The average molecular weight is 298 g/mol. The number of carbonyl (C=O) groups is 2. The molecule has 0 spiro atoms. The van der Waals surface area contributed by atoms with Crippen molar-refractivity contribution in [3.63, 3.8) is 0 Å². The van der Waals surface area contributed by atoms with Gasteiger partial charge in [0.25, 0.3) is 0 Å². The molecule has 1 heterocycles. The average Bonchev–Trinajstić information content (AvgIpc) is 2.50. The van der Waals surface area contributed by atoms with Crippen LogP contribution in [0.15, 0.2) is 54.6 Å². The first-order chi connectivity index (χ1) is 10.6. The van der Waals surface area contributed by atoms with E-state index in [9.17, 15) is 14.0 Å². The van der Waals surface area contributed by atoms with Crippen LogP contribution in [-0.4, -0.2) is 22.9 Å². The standard InChI is InChI=1S/C17H15FN2O2/c18-13-6-8-14(9-7-13)19-17(22)20-15(11-16(20)21)10-12-4-2-1-3-5-12/h1-9,15H,10-11H2,(H,19,22)/t15-/m0/s1. The molecule has 1 fully saturated rings. The molecular weight excluding hydrogens is 283 g/mol. The summed E-state index contributed by atoms with van der Waals surface area (Å²) in [7, 11) is 0. The summed E-state index contributed by atoms with van der Waals surface area (Å²) >= 11 is 0. The third kappa shape index (κ3) is 2.98. The Kier molecular flexibility index (Phi) is 3.87. The Morgan fingerprint density at radius 3 is 2.45 bits per heavy atom. The fourth-order valence-corrected chi connectivity index (χ4v) is 2.53. The minimum absolute atomic E-state index is 0.129. The highest BCUT2D eigenvalue weighted by molar-refractivity contribution is 6.05. The monoisotopic (exact) mass is 298 g/mol. The van der Waals surface area contributed by atoms with E-state index in [4.69, 9.17) is 0 Å². The Bertz CT molecular complexity index is 686. The minimum Gasteiger partial charge on any atom is -0.307 e. The van der Waals surface area contributed by atoms with Gasteiger partial charge in [-0.3, -0.25) is 9.69 Å². The molecule has 3 rings (SSSR count). The van der Waals surface area contributed by atoms with Crippen LogP contribution in [-0.2, 0) is 11.2 Å². The van der Waals surface area contributed by atoms with Gasteiger partial charge in [0.1, 0.15) is 5.82 Å². The molecule has 0 bridgehead atoms. The lowest BCUT2D eigenvalue weighted by Crippen LogP contribution is -2.57. The van der Waals surface area contributed by atoms with Crippen molar-refractivity contribution < 1.29 is 14.0 Å². The number of hydrogen-bond acceptors (Lipinski definition) is 2. The molecule has 1 aliphatic heterocycles. The summed E-state index contributed by atoms with van der Waals surface area (Å²) < 4.78 is 12.8. The second-order valence-electron chi connectivity index (χ2n) is 5.25. The fraction of sp³-hybridized carbons (Fsp3) is 0.176. The van der Waals surface area contributed by atoms with Crippen molar-refractivity contribution in [2.24, 2.45) is 0 Å². The number of likely N-dealkylation sites (tertiary alicyclic amines) is 1. The van der Waals surface area contributed by atoms with Crippen LogP contribution in [0.5, 0.6) is 0 Å². The predicted molar refractivity (Wildman–Crippen MR) is 80.8 cm³/mol. The second-order valence-corrected chi connectivity index (χ2v) is 5.25. The molecule has 22 heavy (non-hydrogen) atoms. The summed E-state index contributed by atoms with van der Waals surface area (Å²) in [6.45, 7) is 0. The second kappa shape index (κ2) is 5.97. The van der Waals surface area contributed by atoms with Gasteiger partial charge in [0, 0.05) is 12.1 Å². The van der Waals surface area contributed by atoms with E-state index in [2.05, 4.69) is 5.32 Å². The van der Waals surface area contributed by atoms with Gasteiger partial charge in [0.05, 0.1) is 6.04 Å². The van der Waals surface area contributed by atoms with Crippen LogP contribution in [0.1, 0.15) is 12.0 Å². The highest BCUT2D eigenvalue weighted by Crippen LogP contribution is 2.24. The zero-order valence-corrected chi connectivity index (χ0v) is 11.8. The van der Waals surface area contributed by atoms with Gasteiger partial charge >= 0.3 is 6.03 Å². The normalized spacial score (nSPS) is 17.0. The molecule has 1 aliphatic rings. The number of β-lactam (4-membered cyclic amide) rings is 1. The van der Waals surface area contributed by atoms with Crippen molar-refractivity contribution in [3.8, 4) is 0 Å². The predicted octanol–water partition coefficient (Wildman–Crippen LogP) is 3.20. The summed E-state index contributed by atoms with van der Waals surface area (Å²) in [5, 5.41) is 2.62. The number of amides is 3. The lowest BCUT2D eigenvalue weighted by molar-refractivity contribution is -0.140. The van der Waals surface area contributed by atoms with Crippen molar-refractivity contribution in [2.75, 3.05) is 5.32 Å². The van der Waals surface area contributed by atoms with E-state index in [1.165, 1.54) is 29.2 Å². The molecule has 0 unspecified atom stereocenters. The highest BCUT2D eigenvalue weighted by Gasteiger charge is 2.40. The van der Waals surface area contributed by atoms with Crippen LogP contribution < -0.4 is 5.32 Å². The maximum Gasteiger partial charge on any atom is 0.328 e. The van der Waals surface area contributed by atoms with Crippen molar-refractivity contribution in [1.29, 1.82) is 0 Å². The Labute approximate surface area is 127 Å². The number of halogens is 1. The van der Waals surface area contributed by atoms with Crippen LogP contribution in [0.2, 0.25) is 0 Å². The van der Waals surface area contributed by atoms with Crippen molar-refractivity contribution in [1.82, 2.24) is 4.90 Å². The molecule has 0 aromatic heterocycles. The van der Waals surface area contributed by atoms with Gasteiger partial charge in [-0.05, 0) is 36.2 Å². The van der Waals surface area contributed by atoms with Crippen LogP contribution in [0.3, 0.4) is 0 Å². The molecule has 2 aromatic rings. The largest absolute Gasteiger partial charge is 0.328 e. The Hall–Kier alpha value is -2.69. The van der Waals surface area contributed by atoms with Gasteiger partial charge in [-0.1, -0.05) is 30.3 Å². The minimum atomic E-state index is -0.469. The number of anilines is 1. The van der Waals surface area contributed by atoms with Crippen molar-refractivity contribution in [2.45, 2.75) is 18.9 Å². The van der Waals surface area contributed by atoms with Gasteiger partial charge < -0.3 is 5.32 Å². The topological polar surface area (TPSA) is 49.4 Å². The van der Waals surface area contributed by atoms with E-state index in [0.29, 0.717) is 18.5 Å². The van der Waals surface area contributed by atoms with E-state index in [0.717, 1.165) is 5.56 Å². The maximum absolute atomic E-state index is 12.8. The summed E-state index contributed by atoms with van der Waals surface area (Å²) in [6, 6.07) is 14.6. The quantitative estimate of drug-likeness (QED) is 0.885. The molecule has 3 amide bonds. The summed E-state index contributed by atoms with van der Waals surface area (Å²) in [6.07, 6.45) is 1.01. The maximum atomic E-state index is 12.8.